The van der Waals surface area contributed by atoms with Crippen LogP contribution in [0.2, 0.25) is 0 Å². The first-order valence-corrected chi connectivity index (χ1v) is 27.9. The van der Waals surface area contributed by atoms with Gasteiger partial charge in [-0.25, -0.2) is 0 Å². The summed E-state index contributed by atoms with van der Waals surface area (Å²) >= 11 is 0. The first kappa shape index (κ1) is 60.4. The predicted molar refractivity (Wildman–Crippen MR) is 259 cm³/mol. The molecule has 52 heavy (non-hydrogen) atoms. The number of hydrogen-bond acceptors (Lipinski definition) is 0. The monoisotopic (exact) mass is 855 g/mol. The van der Waals surface area contributed by atoms with Crippen LogP contribution in [-0.4, -0.2) is 54.0 Å². The fourth-order valence-corrected chi connectivity index (χ4v) is 12.7. The van der Waals surface area contributed by atoms with Crippen molar-refractivity contribution in [2.75, 3.05) is 37.0 Å². The Hall–Kier alpha value is 1.73. The van der Waals surface area contributed by atoms with Gasteiger partial charge in [0.1, 0.15) is 0 Å². The predicted octanol–water partition coefficient (Wildman–Crippen LogP) is 18.8. The van der Waals surface area contributed by atoms with Crippen molar-refractivity contribution < 1.29 is 0 Å². The van der Waals surface area contributed by atoms with Crippen LogP contribution in [0.15, 0.2) is 0 Å². The third kappa shape index (κ3) is 53.8. The van der Waals surface area contributed by atoms with Gasteiger partial charge in [-0.1, -0.05) is 234 Å². The van der Waals surface area contributed by atoms with Crippen molar-refractivity contribution in [2.24, 2.45) is 0 Å². The standard InChI is InChI=1S/2C24H51P.H2S.Se/c2*1-4-7-10-13-16-19-22-25(23-20-17-14-11-8-5-2)24-21-18-15-12-9-6-3;;/h2*4-24H2,1-3H3;1H2;. The fourth-order valence-electron chi connectivity index (χ4n) is 7.37. The van der Waals surface area contributed by atoms with Gasteiger partial charge in [0, 0.05) is 17.1 Å². The third-order valence-corrected chi connectivity index (χ3v) is 16.7. The molecule has 0 bridgehead atoms. The zero-order valence-electron chi connectivity index (χ0n) is 37.5. The molecule has 2 radical (unpaired) electrons. The quantitative estimate of drug-likeness (QED) is 0.0326. The summed E-state index contributed by atoms with van der Waals surface area (Å²) in [5.74, 6) is 0. The minimum atomic E-state index is 0. The molecule has 0 aromatic rings. The second-order valence-corrected chi connectivity index (χ2v) is 21.7. The summed E-state index contributed by atoms with van der Waals surface area (Å²) in [6, 6.07) is 0. The van der Waals surface area contributed by atoms with E-state index in [9.17, 15) is 0 Å². The van der Waals surface area contributed by atoms with E-state index in [0.29, 0.717) is 15.8 Å². The molecule has 0 nitrogen and oxygen atoms in total. The molecule has 0 spiro atoms. The van der Waals surface area contributed by atoms with E-state index in [1.807, 2.05) is 0 Å². The van der Waals surface area contributed by atoms with Crippen LogP contribution in [0.25, 0.3) is 0 Å². The molecule has 0 unspecified atom stereocenters. The third-order valence-electron chi connectivity index (χ3n) is 11.0. The SMILES string of the molecule is CCCCCCCCP(CCCCCCCC)CCCCCCCC.CCCCCCCCP(CCCCCCCC)CCCCCCCC.S.[Se]. The van der Waals surface area contributed by atoms with E-state index in [1.165, 1.54) is 231 Å². The second-order valence-electron chi connectivity index (χ2n) is 16.3. The summed E-state index contributed by atoms with van der Waals surface area (Å²) in [6.07, 6.45) is 62.5. The van der Waals surface area contributed by atoms with Crippen LogP contribution in [0.5, 0.6) is 0 Å². The van der Waals surface area contributed by atoms with E-state index in [0.717, 1.165) is 0 Å². The Morgan fingerprint density at radius 1 is 0.192 bits per heavy atom. The van der Waals surface area contributed by atoms with Gasteiger partial charge in [-0.15, -0.1) is 15.8 Å². The van der Waals surface area contributed by atoms with Crippen LogP contribution < -0.4 is 0 Å². The van der Waals surface area contributed by atoms with Crippen molar-refractivity contribution in [2.45, 2.75) is 273 Å². The Morgan fingerprint density at radius 2 is 0.308 bits per heavy atom. The number of rotatable bonds is 42. The van der Waals surface area contributed by atoms with Crippen molar-refractivity contribution in [3.8, 4) is 0 Å². The molecule has 0 fully saturated rings. The van der Waals surface area contributed by atoms with Crippen molar-refractivity contribution >= 4 is 46.4 Å². The largest absolute Gasteiger partial charge is 0.197 e. The Labute approximate surface area is 354 Å². The molecular formula is C48H104P2SSe. The summed E-state index contributed by atoms with van der Waals surface area (Å²) in [5, 5.41) is 0. The number of unbranched alkanes of at least 4 members (excludes halogenated alkanes) is 30. The van der Waals surface area contributed by atoms with Gasteiger partial charge >= 0.3 is 0 Å². The second kappa shape index (κ2) is 57.1. The molecule has 4 heteroatoms. The van der Waals surface area contributed by atoms with E-state index in [4.69, 9.17) is 0 Å². The molecule has 0 aliphatic heterocycles. The molecule has 0 N–H and O–H groups in total. The van der Waals surface area contributed by atoms with E-state index < -0.39 is 0 Å². The van der Waals surface area contributed by atoms with Gasteiger partial charge in [-0.3, -0.25) is 0 Å². The van der Waals surface area contributed by atoms with Gasteiger partial charge in [0.05, 0.1) is 0 Å². The molecule has 318 valence electrons. The smallest absolute Gasteiger partial charge is 0 e. The van der Waals surface area contributed by atoms with E-state index in [2.05, 4.69) is 41.5 Å². The van der Waals surface area contributed by atoms with Crippen LogP contribution in [0.3, 0.4) is 0 Å². The molecule has 0 saturated carbocycles. The maximum absolute atomic E-state index is 2.32. The summed E-state index contributed by atoms with van der Waals surface area (Å²) < 4.78 is 0. The topological polar surface area (TPSA) is 0 Å². The van der Waals surface area contributed by atoms with Crippen molar-refractivity contribution in [1.82, 2.24) is 0 Å². The average molecular weight is 854 g/mol. The Kier molecular flexibility index (Phi) is 66.3. The number of hydrogen-bond donors (Lipinski definition) is 0. The van der Waals surface area contributed by atoms with Gasteiger partial charge in [0.15, 0.2) is 0 Å². The molecule has 0 amide bonds. The molecule has 0 saturated heterocycles. The maximum Gasteiger partial charge on any atom is 0 e. The van der Waals surface area contributed by atoms with Crippen molar-refractivity contribution in [3.05, 3.63) is 0 Å². The van der Waals surface area contributed by atoms with Crippen LogP contribution in [0.4, 0.5) is 0 Å². The first-order valence-electron chi connectivity index (χ1n) is 24.1. The van der Waals surface area contributed by atoms with E-state index in [-0.39, 0.29) is 30.6 Å². The Morgan fingerprint density at radius 3 is 0.442 bits per heavy atom. The Bertz CT molecular complexity index is 438. The van der Waals surface area contributed by atoms with Crippen molar-refractivity contribution in [1.29, 1.82) is 0 Å². The minimum absolute atomic E-state index is 0. The van der Waals surface area contributed by atoms with E-state index >= 15 is 0 Å². The molecular weight excluding hydrogens is 750 g/mol. The molecule has 0 aliphatic rings. The molecule has 0 heterocycles. The van der Waals surface area contributed by atoms with Gasteiger partial charge in [-0.2, -0.15) is 13.5 Å². The first-order chi connectivity index (χ1) is 24.7. The van der Waals surface area contributed by atoms with Gasteiger partial charge < -0.3 is 0 Å². The summed E-state index contributed by atoms with van der Waals surface area (Å²) in [7, 11) is 0.732. The van der Waals surface area contributed by atoms with Gasteiger partial charge in [0.2, 0.25) is 0 Å². The molecule has 0 aliphatic carbocycles. The zero-order chi connectivity index (χ0) is 36.9. The van der Waals surface area contributed by atoms with Crippen LogP contribution >= 0.6 is 29.3 Å². The van der Waals surface area contributed by atoms with Crippen molar-refractivity contribution in [3.63, 3.8) is 0 Å². The summed E-state index contributed by atoms with van der Waals surface area (Å²) in [6.45, 7) is 13.9. The minimum Gasteiger partial charge on any atom is -0.197 e. The fraction of sp³-hybridized carbons (Fsp3) is 1.00. The van der Waals surface area contributed by atoms with Gasteiger partial charge in [-0.05, 0) is 75.5 Å². The molecule has 0 aromatic heterocycles. The molecule has 0 aromatic carbocycles. The van der Waals surface area contributed by atoms with E-state index in [1.54, 1.807) is 37.0 Å². The van der Waals surface area contributed by atoms with Crippen LogP contribution in [0, 0.1) is 0 Å². The molecule has 0 atom stereocenters. The zero-order valence-corrected chi connectivity index (χ0v) is 42.0. The maximum atomic E-state index is 2.32. The average Bonchev–Trinajstić information content (AvgIpc) is 3.13. The Balaban J connectivity index is -0.000000427. The summed E-state index contributed by atoms with van der Waals surface area (Å²) in [5.41, 5.74) is 0. The molecule has 0 rings (SSSR count). The van der Waals surface area contributed by atoms with Crippen LogP contribution in [-0.2, 0) is 0 Å². The van der Waals surface area contributed by atoms with Crippen LogP contribution in [0.1, 0.15) is 273 Å². The van der Waals surface area contributed by atoms with Gasteiger partial charge in [0.25, 0.3) is 0 Å². The summed E-state index contributed by atoms with van der Waals surface area (Å²) in [4.78, 5) is 0. The normalized spacial score (nSPS) is 11.1.